The number of esters is 1. The first-order valence-corrected chi connectivity index (χ1v) is 9.03. The van der Waals surface area contributed by atoms with Crippen molar-refractivity contribution < 1.29 is 9.53 Å². The van der Waals surface area contributed by atoms with Crippen LogP contribution in [0.2, 0.25) is 5.02 Å². The fourth-order valence-corrected chi connectivity index (χ4v) is 3.29. The van der Waals surface area contributed by atoms with Crippen LogP contribution in [0.1, 0.15) is 17.3 Å². The van der Waals surface area contributed by atoms with Gasteiger partial charge in [0.2, 0.25) is 0 Å². The normalized spacial score (nSPS) is 16.9. The van der Waals surface area contributed by atoms with Gasteiger partial charge in [-0.1, -0.05) is 51.8 Å². The molecule has 1 atom stereocenters. The molecule has 0 amide bonds. The first kappa shape index (κ1) is 17.6. The second-order valence-corrected chi connectivity index (χ2v) is 6.23. The zero-order valence-corrected chi connectivity index (χ0v) is 15.7. The van der Waals surface area contributed by atoms with E-state index in [2.05, 4.69) is 26.2 Å². The summed E-state index contributed by atoms with van der Waals surface area (Å²) in [6.45, 7) is 0. The van der Waals surface area contributed by atoms with Gasteiger partial charge >= 0.3 is 5.97 Å². The van der Waals surface area contributed by atoms with Crippen LogP contribution in [0.25, 0.3) is 0 Å². The number of hydrogen-bond donors (Lipinski definition) is 1. The lowest BCUT2D eigenvalue weighted by molar-refractivity contribution is -0.136. The Labute approximate surface area is 158 Å². The molecule has 1 N–H and O–H groups in total. The van der Waals surface area contributed by atoms with Crippen LogP contribution in [-0.4, -0.2) is 29.2 Å². The fourth-order valence-electron chi connectivity index (χ4n) is 2.61. The predicted octanol–water partition coefficient (Wildman–Crippen LogP) is 3.65. The molecule has 2 heterocycles. The number of benzene rings is 1. The van der Waals surface area contributed by atoms with E-state index in [1.165, 1.54) is 7.11 Å². The number of aliphatic imine (C=N–C) groups is 1. The number of pyridine rings is 1. The molecular formula is C18H15BrClN3O2. The fraction of sp³-hybridized carbons (Fsp3) is 0.167. The molecule has 0 bridgehead atoms. The van der Waals surface area contributed by atoms with Gasteiger partial charge in [-0.2, -0.15) is 0 Å². The van der Waals surface area contributed by atoms with Crippen molar-refractivity contribution >= 4 is 39.3 Å². The molecule has 3 rings (SSSR count). The quantitative estimate of drug-likeness (QED) is 0.606. The summed E-state index contributed by atoms with van der Waals surface area (Å²) in [5.74, 6) is 0.128. The number of carbonyl (C=O) groups is 1. The third-order valence-electron chi connectivity index (χ3n) is 3.77. The Morgan fingerprint density at radius 3 is 2.68 bits per heavy atom. The molecule has 5 nitrogen and oxygen atoms in total. The van der Waals surface area contributed by atoms with Crippen molar-refractivity contribution in [3.63, 3.8) is 0 Å². The Morgan fingerprint density at radius 1 is 1.28 bits per heavy atom. The van der Waals surface area contributed by atoms with Crippen molar-refractivity contribution in [3.8, 4) is 0 Å². The van der Waals surface area contributed by atoms with Crippen molar-refractivity contribution in [1.29, 1.82) is 0 Å². The van der Waals surface area contributed by atoms with Crippen molar-refractivity contribution in [3.05, 3.63) is 76.2 Å². The summed E-state index contributed by atoms with van der Waals surface area (Å²) in [6.07, 6.45) is 1.69. The van der Waals surface area contributed by atoms with E-state index in [0.29, 0.717) is 33.2 Å². The molecule has 1 aromatic heterocycles. The number of carbonyl (C=O) groups excluding carboxylic acids is 1. The van der Waals surface area contributed by atoms with E-state index >= 15 is 0 Å². The third kappa shape index (κ3) is 3.60. The molecule has 1 aliphatic heterocycles. The summed E-state index contributed by atoms with van der Waals surface area (Å²) in [5, 5.41) is 4.15. The molecule has 0 fully saturated rings. The Morgan fingerprint density at radius 2 is 2.04 bits per heavy atom. The van der Waals surface area contributed by atoms with Gasteiger partial charge in [0, 0.05) is 27.8 Å². The molecule has 0 spiro atoms. The average Bonchev–Trinajstić information content (AvgIpc) is 2.67. The van der Waals surface area contributed by atoms with E-state index in [9.17, 15) is 4.79 Å². The van der Waals surface area contributed by atoms with Crippen LogP contribution < -0.4 is 5.32 Å². The van der Waals surface area contributed by atoms with Gasteiger partial charge in [0.25, 0.3) is 0 Å². The lowest BCUT2D eigenvalue weighted by Gasteiger charge is -2.27. The molecule has 1 aromatic carbocycles. The van der Waals surface area contributed by atoms with Gasteiger partial charge in [-0.3, -0.25) is 9.98 Å². The number of halogens is 2. The van der Waals surface area contributed by atoms with E-state index in [0.717, 1.165) is 5.56 Å². The summed E-state index contributed by atoms with van der Waals surface area (Å²) in [5.41, 5.74) is 2.51. The number of nitrogens with one attached hydrogen (secondary N) is 1. The van der Waals surface area contributed by atoms with Gasteiger partial charge in [0.15, 0.2) is 5.84 Å². The Bertz CT molecular complexity index is 852. The Kier molecular flexibility index (Phi) is 5.50. The molecule has 2 aromatic rings. The number of hydrogen-bond acceptors (Lipinski definition) is 5. The highest BCUT2D eigenvalue weighted by atomic mass is 79.9. The molecule has 1 unspecified atom stereocenters. The molecule has 128 valence electrons. The van der Waals surface area contributed by atoms with Crippen molar-refractivity contribution in [2.24, 2.45) is 4.99 Å². The number of methoxy groups -OCH3 is 1. The second kappa shape index (κ2) is 7.80. The van der Waals surface area contributed by atoms with Gasteiger partial charge in [-0.05, 0) is 18.2 Å². The first-order chi connectivity index (χ1) is 12.2. The molecule has 1 aliphatic rings. The minimum Gasteiger partial charge on any atom is -0.466 e. The molecule has 0 aliphatic carbocycles. The minimum absolute atomic E-state index is 0.423. The maximum Gasteiger partial charge on any atom is 0.338 e. The van der Waals surface area contributed by atoms with Crippen molar-refractivity contribution in [2.75, 3.05) is 12.4 Å². The zero-order valence-electron chi connectivity index (χ0n) is 13.4. The first-order valence-electron chi connectivity index (χ1n) is 7.53. The van der Waals surface area contributed by atoms with E-state index in [1.807, 2.05) is 36.4 Å². The second-order valence-electron chi connectivity index (χ2n) is 5.26. The smallest absolute Gasteiger partial charge is 0.338 e. The van der Waals surface area contributed by atoms with Gasteiger partial charge in [-0.15, -0.1) is 0 Å². The monoisotopic (exact) mass is 419 g/mol. The van der Waals surface area contributed by atoms with Crippen LogP contribution >= 0.6 is 27.5 Å². The highest BCUT2D eigenvalue weighted by Gasteiger charge is 2.32. The van der Waals surface area contributed by atoms with E-state index in [4.69, 9.17) is 21.3 Å². The number of aromatic nitrogens is 1. The van der Waals surface area contributed by atoms with Gasteiger partial charge in [0.1, 0.15) is 11.7 Å². The summed E-state index contributed by atoms with van der Waals surface area (Å²) in [6, 6.07) is 12.3. The Hall–Kier alpha value is -2.18. The van der Waals surface area contributed by atoms with Gasteiger partial charge in [-0.25, -0.2) is 4.79 Å². The largest absolute Gasteiger partial charge is 0.466 e. The summed E-state index contributed by atoms with van der Waals surface area (Å²) in [4.78, 5) is 21.4. The number of rotatable bonds is 4. The van der Waals surface area contributed by atoms with E-state index in [-0.39, 0.29) is 0 Å². The number of ether oxygens (including phenoxy) is 1. The molecule has 0 radical (unpaired) electrons. The number of allylic oxidation sites excluding steroid dienone is 1. The summed E-state index contributed by atoms with van der Waals surface area (Å²) < 4.78 is 4.97. The lowest BCUT2D eigenvalue weighted by atomic mass is 9.95. The summed E-state index contributed by atoms with van der Waals surface area (Å²) in [7, 11) is 1.35. The zero-order chi connectivity index (χ0) is 17.8. The molecule has 0 saturated heterocycles. The van der Waals surface area contributed by atoms with Gasteiger partial charge in [0.05, 0.1) is 12.7 Å². The van der Waals surface area contributed by atoms with E-state index < -0.39 is 12.0 Å². The highest BCUT2D eigenvalue weighted by molar-refractivity contribution is 9.09. The molecule has 7 heteroatoms. The van der Waals surface area contributed by atoms with Crippen molar-refractivity contribution in [2.45, 2.75) is 6.04 Å². The highest BCUT2D eigenvalue weighted by Crippen LogP contribution is 2.36. The van der Waals surface area contributed by atoms with Gasteiger partial charge < -0.3 is 10.1 Å². The summed E-state index contributed by atoms with van der Waals surface area (Å²) >= 11 is 9.79. The van der Waals surface area contributed by atoms with Crippen molar-refractivity contribution in [1.82, 2.24) is 10.3 Å². The van der Waals surface area contributed by atoms with Crippen LogP contribution in [0.4, 0.5) is 0 Å². The average molecular weight is 421 g/mol. The van der Waals surface area contributed by atoms with Crippen LogP contribution in [0.15, 0.2) is 64.9 Å². The number of amidine groups is 1. The SMILES string of the molecule is COC(=O)C1=C(CBr)NC(c2ccccn2)=NC1c1ccccc1Cl. The lowest BCUT2D eigenvalue weighted by Crippen LogP contribution is -2.34. The van der Waals surface area contributed by atoms with Crippen LogP contribution in [0, 0.1) is 0 Å². The third-order valence-corrected chi connectivity index (χ3v) is 4.68. The number of alkyl halides is 1. The molecular weight excluding hydrogens is 406 g/mol. The Balaban J connectivity index is 2.17. The molecule has 25 heavy (non-hydrogen) atoms. The van der Waals surface area contributed by atoms with Crippen LogP contribution in [-0.2, 0) is 9.53 Å². The predicted molar refractivity (Wildman–Crippen MR) is 101 cm³/mol. The maximum atomic E-state index is 12.4. The van der Waals surface area contributed by atoms with Crippen LogP contribution in [0.5, 0.6) is 0 Å². The standard InChI is InChI=1S/C18H15BrClN3O2/c1-25-18(24)15-14(10-19)22-17(13-8-4-5-9-21-13)23-16(15)11-6-2-3-7-12(11)20/h2-9,16H,10H2,1H3,(H,22,23). The van der Waals surface area contributed by atoms with Crippen LogP contribution in [0.3, 0.4) is 0 Å². The minimum atomic E-state index is -0.577. The number of nitrogens with zero attached hydrogens (tertiary/aromatic N) is 2. The van der Waals surface area contributed by atoms with E-state index in [1.54, 1.807) is 12.3 Å². The maximum absolute atomic E-state index is 12.4. The molecule has 0 saturated carbocycles. The topological polar surface area (TPSA) is 63.6 Å².